The molecular weight excluding hydrogens is 394 g/mol. The van der Waals surface area contributed by atoms with Crippen LogP contribution in [0, 0.1) is 40.4 Å². The Hall–Kier alpha value is -1.59. The number of esters is 2. The lowest BCUT2D eigenvalue weighted by molar-refractivity contribution is -0.157. The summed E-state index contributed by atoms with van der Waals surface area (Å²) in [5.74, 6) is 1.89. The Labute approximate surface area is 186 Å². The minimum Gasteiger partial charge on any atom is -0.463 e. The highest BCUT2D eigenvalue weighted by atomic mass is 16.5. The van der Waals surface area contributed by atoms with E-state index in [2.05, 4.69) is 19.0 Å². The van der Waals surface area contributed by atoms with Gasteiger partial charge in [0.25, 0.3) is 0 Å². The van der Waals surface area contributed by atoms with E-state index in [4.69, 9.17) is 9.47 Å². The molecule has 6 heteroatoms. The van der Waals surface area contributed by atoms with Crippen molar-refractivity contribution in [2.45, 2.75) is 98.2 Å². The molecule has 174 valence electrons. The number of nitrogens with zero attached hydrogens (tertiary/aromatic N) is 1. The first-order valence-corrected chi connectivity index (χ1v) is 12.2. The van der Waals surface area contributed by atoms with Crippen molar-refractivity contribution >= 4 is 17.7 Å². The Bertz CT molecular complexity index is 765. The van der Waals surface area contributed by atoms with Crippen LogP contribution in [0.1, 0.15) is 86.0 Å². The Kier molecular flexibility index (Phi) is 5.89. The average molecular weight is 434 g/mol. The van der Waals surface area contributed by atoms with E-state index in [0.717, 1.165) is 44.2 Å². The number of hydrogen-bond acceptors (Lipinski definition) is 6. The smallest absolute Gasteiger partial charge is 0.302 e. The van der Waals surface area contributed by atoms with Crippen LogP contribution in [0.25, 0.3) is 0 Å². The lowest BCUT2D eigenvalue weighted by atomic mass is 9.44. The summed E-state index contributed by atoms with van der Waals surface area (Å²) in [6.45, 7) is 9.66. The monoisotopic (exact) mass is 433 g/mol. The van der Waals surface area contributed by atoms with Crippen LogP contribution < -0.4 is 0 Å². The van der Waals surface area contributed by atoms with Gasteiger partial charge in [0.15, 0.2) is 0 Å². The molecular formula is C25H39NO5. The maximum Gasteiger partial charge on any atom is 0.302 e. The highest BCUT2D eigenvalue weighted by Gasteiger charge is 2.63. The number of ether oxygens (including phenoxy) is 2. The standard InChI is InChI=1S/C25H39NO5/c1-14(30-15(2)27)20-8-9-21-19-7-6-17-12-18(31-16(3)28)10-11-24(17,4)22(19)13-23(26-29)25(20,21)5/h14,17-22,29H,6-13H2,1-5H3/b26-23+/t14-,17+,18+,19+,20-,21+,22+,24+,25-/m1/s1. The van der Waals surface area contributed by atoms with Crippen molar-refractivity contribution in [3.05, 3.63) is 0 Å². The number of hydrogen-bond donors (Lipinski definition) is 1. The van der Waals surface area contributed by atoms with E-state index in [9.17, 15) is 14.8 Å². The number of fused-ring (bicyclic) bond motifs is 5. The van der Waals surface area contributed by atoms with Crippen molar-refractivity contribution in [2.24, 2.45) is 45.6 Å². The Morgan fingerprint density at radius 1 is 1.06 bits per heavy atom. The summed E-state index contributed by atoms with van der Waals surface area (Å²) in [4.78, 5) is 23.1. The summed E-state index contributed by atoms with van der Waals surface area (Å²) in [6, 6.07) is 0. The molecule has 0 aliphatic heterocycles. The number of oxime groups is 1. The van der Waals surface area contributed by atoms with E-state index < -0.39 is 0 Å². The van der Waals surface area contributed by atoms with Gasteiger partial charge in [-0.25, -0.2) is 0 Å². The van der Waals surface area contributed by atoms with Crippen LogP contribution in [0.2, 0.25) is 0 Å². The van der Waals surface area contributed by atoms with Gasteiger partial charge in [0.2, 0.25) is 0 Å². The van der Waals surface area contributed by atoms with Crippen LogP contribution in [0.3, 0.4) is 0 Å². The molecule has 4 aliphatic carbocycles. The second-order valence-corrected chi connectivity index (χ2v) is 11.2. The molecule has 1 N–H and O–H groups in total. The topological polar surface area (TPSA) is 85.2 Å². The molecule has 0 aromatic heterocycles. The van der Waals surface area contributed by atoms with Crippen molar-refractivity contribution in [1.29, 1.82) is 0 Å². The lowest BCUT2D eigenvalue weighted by Gasteiger charge is -2.61. The fourth-order valence-corrected chi connectivity index (χ4v) is 8.57. The molecule has 4 saturated carbocycles. The molecule has 4 aliphatic rings. The van der Waals surface area contributed by atoms with Gasteiger partial charge in [0.05, 0.1) is 5.71 Å². The molecule has 9 atom stereocenters. The van der Waals surface area contributed by atoms with Crippen molar-refractivity contribution in [2.75, 3.05) is 0 Å². The molecule has 0 heterocycles. The van der Waals surface area contributed by atoms with Crippen LogP contribution in [-0.4, -0.2) is 35.1 Å². The summed E-state index contributed by atoms with van der Waals surface area (Å²) in [7, 11) is 0. The van der Waals surface area contributed by atoms with Gasteiger partial charge in [-0.05, 0) is 87.4 Å². The molecule has 0 radical (unpaired) electrons. The van der Waals surface area contributed by atoms with Crippen molar-refractivity contribution < 1.29 is 24.3 Å². The normalized spacial score (nSPS) is 46.4. The van der Waals surface area contributed by atoms with E-state index in [1.165, 1.54) is 26.7 Å². The van der Waals surface area contributed by atoms with Crippen LogP contribution in [0.15, 0.2) is 5.16 Å². The number of rotatable bonds is 3. The number of carbonyl (C=O) groups is 2. The zero-order valence-electron chi connectivity index (χ0n) is 19.7. The third kappa shape index (κ3) is 3.58. The molecule has 0 saturated heterocycles. The van der Waals surface area contributed by atoms with Gasteiger partial charge >= 0.3 is 11.9 Å². The van der Waals surface area contributed by atoms with Crippen LogP contribution >= 0.6 is 0 Å². The first-order valence-electron chi connectivity index (χ1n) is 12.2. The second-order valence-electron chi connectivity index (χ2n) is 11.2. The van der Waals surface area contributed by atoms with Gasteiger partial charge in [-0.15, -0.1) is 0 Å². The zero-order valence-corrected chi connectivity index (χ0v) is 19.7. The van der Waals surface area contributed by atoms with E-state index in [-0.39, 0.29) is 40.9 Å². The fourth-order valence-electron chi connectivity index (χ4n) is 8.57. The van der Waals surface area contributed by atoms with E-state index in [1.54, 1.807) is 0 Å². The van der Waals surface area contributed by atoms with Gasteiger partial charge < -0.3 is 14.7 Å². The van der Waals surface area contributed by atoms with Crippen LogP contribution in [0.4, 0.5) is 0 Å². The fraction of sp³-hybridized carbons (Fsp3) is 0.880. The summed E-state index contributed by atoms with van der Waals surface area (Å²) in [6.07, 6.45) is 8.11. The minimum atomic E-state index is -0.242. The first kappa shape index (κ1) is 22.6. The Balaban J connectivity index is 1.60. The predicted molar refractivity (Wildman–Crippen MR) is 117 cm³/mol. The van der Waals surface area contributed by atoms with Crippen molar-refractivity contribution in [3.8, 4) is 0 Å². The highest BCUT2D eigenvalue weighted by molar-refractivity contribution is 5.91. The zero-order chi connectivity index (χ0) is 22.6. The van der Waals surface area contributed by atoms with Gasteiger partial charge in [-0.2, -0.15) is 0 Å². The molecule has 4 rings (SSSR count). The van der Waals surface area contributed by atoms with Gasteiger partial charge in [-0.1, -0.05) is 19.0 Å². The van der Waals surface area contributed by atoms with E-state index >= 15 is 0 Å². The first-order chi connectivity index (χ1) is 14.6. The maximum absolute atomic E-state index is 11.6. The second kappa shape index (κ2) is 8.08. The summed E-state index contributed by atoms with van der Waals surface area (Å²) in [5.41, 5.74) is 0.878. The van der Waals surface area contributed by atoms with Crippen LogP contribution in [-0.2, 0) is 19.1 Å². The molecule has 6 nitrogen and oxygen atoms in total. The largest absolute Gasteiger partial charge is 0.463 e. The van der Waals surface area contributed by atoms with Crippen molar-refractivity contribution in [1.82, 2.24) is 0 Å². The summed E-state index contributed by atoms with van der Waals surface area (Å²) < 4.78 is 11.2. The minimum absolute atomic E-state index is 0.0485. The van der Waals surface area contributed by atoms with Gasteiger partial charge in [0, 0.05) is 25.2 Å². The average Bonchev–Trinajstić information content (AvgIpc) is 3.05. The molecule has 0 aromatic carbocycles. The molecule has 31 heavy (non-hydrogen) atoms. The lowest BCUT2D eigenvalue weighted by Crippen LogP contribution is -2.58. The molecule has 0 bridgehead atoms. The molecule has 0 amide bonds. The van der Waals surface area contributed by atoms with Crippen LogP contribution in [0.5, 0.6) is 0 Å². The third-order valence-electron chi connectivity index (χ3n) is 9.95. The van der Waals surface area contributed by atoms with Gasteiger partial charge in [-0.3, -0.25) is 9.59 Å². The Morgan fingerprint density at radius 3 is 2.45 bits per heavy atom. The van der Waals surface area contributed by atoms with Crippen molar-refractivity contribution in [3.63, 3.8) is 0 Å². The highest BCUT2D eigenvalue weighted by Crippen LogP contribution is 2.67. The third-order valence-corrected chi connectivity index (χ3v) is 9.95. The van der Waals surface area contributed by atoms with Gasteiger partial charge in [0.1, 0.15) is 12.2 Å². The summed E-state index contributed by atoms with van der Waals surface area (Å²) >= 11 is 0. The van der Waals surface area contributed by atoms with E-state index in [0.29, 0.717) is 23.7 Å². The van der Waals surface area contributed by atoms with E-state index in [1.807, 2.05) is 6.92 Å². The molecule has 4 fully saturated rings. The SMILES string of the molecule is CC(=O)O[C@H]1CC[C@@]2(C)[C@@H](CC[C@@H]3[C@@H]2C/C(=N\O)[C@]2(C)[C@@H]([C@@H](C)OC(C)=O)CC[C@@H]32)C1. The maximum atomic E-state index is 11.6. The predicted octanol–water partition coefficient (Wildman–Crippen LogP) is 4.97. The Morgan fingerprint density at radius 2 is 1.81 bits per heavy atom. The molecule has 0 aromatic rings. The number of carbonyl (C=O) groups excluding carboxylic acids is 2. The quantitative estimate of drug-likeness (QED) is 0.386. The molecule has 0 unspecified atom stereocenters. The molecule has 0 spiro atoms. The summed E-state index contributed by atoms with van der Waals surface area (Å²) in [5, 5.41) is 14.0.